The number of anilines is 1. The number of hydrogen-bond donors (Lipinski definition) is 2. The highest BCUT2D eigenvalue weighted by atomic mass is 16.4. The molecule has 0 aliphatic carbocycles. The molecule has 0 atom stereocenters. The van der Waals surface area contributed by atoms with Gasteiger partial charge in [0.2, 0.25) is 5.95 Å². The van der Waals surface area contributed by atoms with E-state index in [2.05, 4.69) is 25.7 Å². The molecule has 2 N–H and O–H groups in total. The molecule has 1 heterocycles. The van der Waals surface area contributed by atoms with E-state index in [1.807, 2.05) is 19.9 Å². The van der Waals surface area contributed by atoms with Crippen molar-refractivity contribution in [3.05, 3.63) is 17.5 Å². The van der Waals surface area contributed by atoms with E-state index in [9.17, 15) is 0 Å². The molecule has 6 heteroatoms. The van der Waals surface area contributed by atoms with Crippen LogP contribution in [0.3, 0.4) is 0 Å². The van der Waals surface area contributed by atoms with E-state index in [-0.39, 0.29) is 0 Å². The van der Waals surface area contributed by atoms with Gasteiger partial charge in [0.25, 0.3) is 0 Å². The number of hydrogen-bond acceptors (Lipinski definition) is 6. The third-order valence-corrected chi connectivity index (χ3v) is 1.98. The molecule has 86 valence electrons. The SMILES string of the molecule is CC(=N\O)/C(C)=N/Nc1nc(C)cc(C)n1. The summed E-state index contributed by atoms with van der Waals surface area (Å²) >= 11 is 0. The van der Waals surface area contributed by atoms with E-state index >= 15 is 0 Å². The van der Waals surface area contributed by atoms with Crippen molar-refractivity contribution in [2.75, 3.05) is 5.43 Å². The maximum absolute atomic E-state index is 8.54. The van der Waals surface area contributed by atoms with Gasteiger partial charge >= 0.3 is 0 Å². The standard InChI is InChI=1S/C10H15N5O/c1-6-5-7(2)12-10(11-6)14-13-8(3)9(4)15-16/h5,16H,1-4H3,(H,11,12,14)/b13-8+,15-9+. The Balaban J connectivity index is 2.82. The minimum absolute atomic E-state index is 0.433. The van der Waals surface area contributed by atoms with Crippen LogP contribution in [0.5, 0.6) is 0 Å². The number of hydrazone groups is 1. The second kappa shape index (κ2) is 5.20. The average molecular weight is 221 g/mol. The van der Waals surface area contributed by atoms with Crippen LogP contribution in [0.2, 0.25) is 0 Å². The van der Waals surface area contributed by atoms with Crippen LogP contribution in [-0.2, 0) is 0 Å². The number of oxime groups is 1. The second-order valence-corrected chi connectivity index (χ2v) is 3.47. The molecule has 1 rings (SSSR count). The summed E-state index contributed by atoms with van der Waals surface area (Å²) in [7, 11) is 0. The Bertz CT molecular complexity index is 419. The van der Waals surface area contributed by atoms with Crippen molar-refractivity contribution < 1.29 is 5.21 Å². The largest absolute Gasteiger partial charge is 0.411 e. The third-order valence-electron chi connectivity index (χ3n) is 1.98. The molecule has 0 radical (unpaired) electrons. The van der Waals surface area contributed by atoms with Crippen LogP contribution in [-0.4, -0.2) is 26.6 Å². The number of aromatic nitrogens is 2. The first-order valence-electron chi connectivity index (χ1n) is 4.84. The molecule has 0 fully saturated rings. The normalized spacial score (nSPS) is 12.8. The quantitative estimate of drug-likeness (QED) is 0.462. The number of aryl methyl sites for hydroxylation is 2. The molecule has 1 aromatic rings. The van der Waals surface area contributed by atoms with E-state index in [1.54, 1.807) is 13.8 Å². The van der Waals surface area contributed by atoms with E-state index < -0.39 is 0 Å². The summed E-state index contributed by atoms with van der Waals surface area (Å²) in [5, 5.41) is 15.6. The van der Waals surface area contributed by atoms with Crippen molar-refractivity contribution in [3.8, 4) is 0 Å². The fourth-order valence-electron chi connectivity index (χ4n) is 1.06. The lowest BCUT2D eigenvalue weighted by atomic mass is 10.3. The molecule has 16 heavy (non-hydrogen) atoms. The molecular weight excluding hydrogens is 206 g/mol. The van der Waals surface area contributed by atoms with Gasteiger partial charge in [0, 0.05) is 11.4 Å². The van der Waals surface area contributed by atoms with E-state index in [0.29, 0.717) is 17.4 Å². The molecule has 0 aromatic carbocycles. The summed E-state index contributed by atoms with van der Waals surface area (Å²) in [6, 6.07) is 1.88. The highest BCUT2D eigenvalue weighted by Crippen LogP contribution is 2.03. The fourth-order valence-corrected chi connectivity index (χ4v) is 1.06. The van der Waals surface area contributed by atoms with Crippen molar-refractivity contribution in [2.24, 2.45) is 10.3 Å². The minimum atomic E-state index is 0.433. The Morgan fingerprint density at radius 2 is 1.75 bits per heavy atom. The van der Waals surface area contributed by atoms with Gasteiger partial charge in [0.05, 0.1) is 11.4 Å². The summed E-state index contributed by atoms with van der Waals surface area (Å²) in [4.78, 5) is 8.32. The molecule has 0 spiro atoms. The van der Waals surface area contributed by atoms with Crippen LogP contribution in [0.4, 0.5) is 5.95 Å². The zero-order valence-electron chi connectivity index (χ0n) is 9.81. The lowest BCUT2D eigenvalue weighted by Crippen LogP contribution is -2.09. The van der Waals surface area contributed by atoms with Crippen LogP contribution in [0.15, 0.2) is 16.3 Å². The van der Waals surface area contributed by atoms with Crippen LogP contribution >= 0.6 is 0 Å². The predicted molar refractivity (Wildman–Crippen MR) is 63.1 cm³/mol. The summed E-state index contributed by atoms with van der Waals surface area (Å²) in [5.41, 5.74) is 5.47. The van der Waals surface area contributed by atoms with Crippen molar-refractivity contribution in [1.29, 1.82) is 0 Å². The lowest BCUT2D eigenvalue weighted by Gasteiger charge is -2.03. The topological polar surface area (TPSA) is 82.8 Å². The summed E-state index contributed by atoms with van der Waals surface area (Å²) in [5.74, 6) is 0.433. The Morgan fingerprint density at radius 1 is 1.19 bits per heavy atom. The smallest absolute Gasteiger partial charge is 0.243 e. The van der Waals surface area contributed by atoms with Crippen LogP contribution in [0.25, 0.3) is 0 Å². The summed E-state index contributed by atoms with van der Waals surface area (Å²) in [6.07, 6.45) is 0. The van der Waals surface area contributed by atoms with Gasteiger partial charge in [-0.1, -0.05) is 5.16 Å². The molecule has 0 saturated heterocycles. The molecule has 1 aromatic heterocycles. The van der Waals surface area contributed by atoms with E-state index in [1.165, 1.54) is 0 Å². The maximum Gasteiger partial charge on any atom is 0.243 e. The van der Waals surface area contributed by atoms with E-state index in [4.69, 9.17) is 5.21 Å². The van der Waals surface area contributed by atoms with Gasteiger partial charge in [-0.25, -0.2) is 15.4 Å². The highest BCUT2D eigenvalue weighted by Gasteiger charge is 2.00. The maximum atomic E-state index is 8.54. The molecule has 0 unspecified atom stereocenters. The monoisotopic (exact) mass is 221 g/mol. The number of nitrogens with one attached hydrogen (secondary N) is 1. The summed E-state index contributed by atoms with van der Waals surface area (Å²) in [6.45, 7) is 7.15. The van der Waals surface area contributed by atoms with Gasteiger partial charge in [-0.15, -0.1) is 0 Å². The van der Waals surface area contributed by atoms with Crippen molar-refractivity contribution in [3.63, 3.8) is 0 Å². The molecule has 0 saturated carbocycles. The van der Waals surface area contributed by atoms with Crippen molar-refractivity contribution in [1.82, 2.24) is 9.97 Å². The molecule has 0 aliphatic rings. The zero-order chi connectivity index (χ0) is 12.1. The molecule has 0 aliphatic heterocycles. The zero-order valence-corrected chi connectivity index (χ0v) is 9.81. The Morgan fingerprint density at radius 3 is 2.25 bits per heavy atom. The first-order valence-corrected chi connectivity index (χ1v) is 4.84. The Labute approximate surface area is 94.1 Å². The molecule has 6 nitrogen and oxygen atoms in total. The van der Waals surface area contributed by atoms with Gasteiger partial charge in [-0.2, -0.15) is 5.10 Å². The summed E-state index contributed by atoms with van der Waals surface area (Å²) < 4.78 is 0. The second-order valence-electron chi connectivity index (χ2n) is 3.47. The third kappa shape index (κ3) is 3.30. The first-order chi connectivity index (χ1) is 7.52. The lowest BCUT2D eigenvalue weighted by molar-refractivity contribution is 0.320. The number of nitrogens with zero attached hydrogens (tertiary/aromatic N) is 4. The van der Waals surface area contributed by atoms with Gasteiger partial charge in [-0.05, 0) is 33.8 Å². The number of rotatable bonds is 3. The van der Waals surface area contributed by atoms with Crippen LogP contribution in [0, 0.1) is 13.8 Å². The minimum Gasteiger partial charge on any atom is -0.411 e. The van der Waals surface area contributed by atoms with Gasteiger partial charge < -0.3 is 5.21 Å². The van der Waals surface area contributed by atoms with E-state index in [0.717, 1.165) is 11.4 Å². The van der Waals surface area contributed by atoms with Crippen LogP contribution in [0.1, 0.15) is 25.2 Å². The van der Waals surface area contributed by atoms with Gasteiger partial charge in [0.15, 0.2) is 0 Å². The van der Waals surface area contributed by atoms with Crippen LogP contribution < -0.4 is 5.43 Å². The molecule has 0 bridgehead atoms. The van der Waals surface area contributed by atoms with Gasteiger partial charge in [0.1, 0.15) is 0 Å². The molecule has 0 amide bonds. The van der Waals surface area contributed by atoms with Crippen molar-refractivity contribution >= 4 is 17.4 Å². The van der Waals surface area contributed by atoms with Gasteiger partial charge in [-0.3, -0.25) is 0 Å². The highest BCUT2D eigenvalue weighted by molar-refractivity contribution is 6.40. The Hall–Kier alpha value is -1.98. The fraction of sp³-hybridized carbons (Fsp3) is 0.400. The predicted octanol–water partition coefficient (Wildman–Crippen LogP) is 1.73. The average Bonchev–Trinajstić information content (AvgIpc) is 2.23. The van der Waals surface area contributed by atoms with Crippen molar-refractivity contribution in [2.45, 2.75) is 27.7 Å². The molecular formula is C10H15N5O. The Kier molecular flexibility index (Phi) is 3.93. The first kappa shape index (κ1) is 12.1.